The van der Waals surface area contributed by atoms with Crippen LogP contribution in [0.5, 0.6) is 5.75 Å². The van der Waals surface area contributed by atoms with Crippen molar-refractivity contribution in [2.75, 3.05) is 40.1 Å². The number of ether oxygens (including phenoxy) is 9. The van der Waals surface area contributed by atoms with E-state index in [1.165, 1.54) is 31.2 Å². The molecule has 1 heterocycles. The Morgan fingerprint density at radius 3 is 1.78 bits per heavy atom. The highest BCUT2D eigenvalue weighted by Gasteiger charge is 2.56. The number of nitrogens with one attached hydrogen (secondary N) is 5. The molecule has 24 nitrogen and oxygen atoms in total. The fourth-order valence-corrected chi connectivity index (χ4v) is 8.26. The number of esters is 5. The molecule has 414 valence electrons. The summed E-state index contributed by atoms with van der Waals surface area (Å²) in [6.07, 6.45) is -10.4. The molecule has 24 heteroatoms. The van der Waals surface area contributed by atoms with Gasteiger partial charge >= 0.3 is 35.9 Å². The largest absolute Gasteiger partial charge is 0.467 e. The van der Waals surface area contributed by atoms with Gasteiger partial charge in [0.25, 0.3) is 0 Å². The lowest BCUT2D eigenvalue weighted by Gasteiger charge is -2.43. The first kappa shape index (κ1) is 58.4. The predicted octanol–water partition coefficient (Wildman–Crippen LogP) is 1.78. The lowest BCUT2D eigenvalue weighted by atomic mass is 9.97. The molecule has 1 saturated heterocycles. The van der Waals surface area contributed by atoms with Crippen molar-refractivity contribution in [1.82, 2.24) is 26.6 Å². The van der Waals surface area contributed by atoms with E-state index in [1.807, 2.05) is 54.6 Å². The molecule has 0 saturated carbocycles. The molecule has 0 unspecified atom stereocenters. The van der Waals surface area contributed by atoms with Crippen LogP contribution in [0.2, 0.25) is 0 Å². The predicted molar refractivity (Wildman–Crippen MR) is 269 cm³/mol. The minimum Gasteiger partial charge on any atom is -0.467 e. The number of amides is 5. The molecule has 1 fully saturated rings. The number of hydrogen-bond donors (Lipinski definition) is 5. The highest BCUT2D eigenvalue weighted by atomic mass is 16.7. The van der Waals surface area contributed by atoms with E-state index in [4.69, 9.17) is 42.6 Å². The third kappa shape index (κ3) is 16.8. The highest BCUT2D eigenvalue weighted by molar-refractivity contribution is 5.92. The van der Waals surface area contributed by atoms with Gasteiger partial charge in [-0.1, -0.05) is 91.0 Å². The maximum Gasteiger partial charge on any atom is 0.407 e. The van der Waals surface area contributed by atoms with Crippen molar-refractivity contribution in [3.63, 3.8) is 0 Å². The Balaban J connectivity index is 1.07. The average molecular weight is 1080 g/mol. The van der Waals surface area contributed by atoms with Gasteiger partial charge in [0.05, 0.1) is 20.2 Å². The number of carbonyl (C=O) groups is 10. The van der Waals surface area contributed by atoms with Gasteiger partial charge in [0.1, 0.15) is 38.3 Å². The number of alkyl carbamates (subject to hydrolysis) is 1. The van der Waals surface area contributed by atoms with Gasteiger partial charge < -0.3 is 69.2 Å². The van der Waals surface area contributed by atoms with E-state index in [9.17, 15) is 47.9 Å². The van der Waals surface area contributed by atoms with Crippen LogP contribution in [-0.4, -0.2) is 143 Å². The molecule has 0 spiro atoms. The van der Waals surface area contributed by atoms with Crippen LogP contribution in [0.25, 0.3) is 11.1 Å². The molecular formula is C54H59N5O19. The molecule has 78 heavy (non-hydrogen) atoms. The summed E-state index contributed by atoms with van der Waals surface area (Å²) in [6, 6.07) is 28.9. The monoisotopic (exact) mass is 1080 g/mol. The highest BCUT2D eigenvalue weighted by Crippen LogP contribution is 2.44. The third-order valence-corrected chi connectivity index (χ3v) is 11.9. The molecule has 4 aromatic carbocycles. The van der Waals surface area contributed by atoms with E-state index < -0.39 is 129 Å². The standard InChI is InChI=1S/C54H59N5O19/c1-30(51(67)71-27-35-13-7-6-8-14-35)73-29-58-44(64)24-56-50(66)42(59-45(65)26-55-43(63)25-57-54(69)72-28-41-39-17-11-9-15-37(39)38-16-10-12-18-40(38)41)23-34-19-21-36(22-20-34)77-53-49(76-33(4)62)47(75-32(3)61)46(74-31(2)60)48(78-53)52(68)70-5/h6-22,30,41-42,46-49,53H,23-29H2,1-5H3,(H,55,63)(H,56,66)(H,57,69)(H,58,64)(H,59,65)/t30-,42+,46+,47+,48+,49-,53-/m1/s1. The molecular weight excluding hydrogens is 1020 g/mol. The van der Waals surface area contributed by atoms with Crippen LogP contribution in [0.3, 0.4) is 0 Å². The van der Waals surface area contributed by atoms with Gasteiger partial charge in [0.15, 0.2) is 24.4 Å². The number of carbonyl (C=O) groups excluding carboxylic acids is 10. The minimum atomic E-state index is -1.73. The lowest BCUT2D eigenvalue weighted by molar-refractivity contribution is -0.282. The Bertz CT molecular complexity index is 2770. The second kappa shape index (κ2) is 28.3. The first-order valence-electron chi connectivity index (χ1n) is 24.4. The van der Waals surface area contributed by atoms with Gasteiger partial charge in [0, 0.05) is 33.1 Å². The van der Waals surface area contributed by atoms with Gasteiger partial charge in [0.2, 0.25) is 36.0 Å². The molecule has 0 aromatic heterocycles. The number of rotatable bonds is 24. The first-order valence-corrected chi connectivity index (χ1v) is 24.4. The van der Waals surface area contributed by atoms with E-state index in [2.05, 4.69) is 26.6 Å². The normalized spacial score (nSPS) is 17.9. The quantitative estimate of drug-likeness (QED) is 0.0379. The topological polar surface area (TPSA) is 314 Å². The molecule has 5 amide bonds. The molecule has 5 N–H and O–H groups in total. The van der Waals surface area contributed by atoms with E-state index in [1.54, 1.807) is 24.3 Å². The zero-order chi connectivity index (χ0) is 56.3. The number of fused-ring (bicyclic) bond motifs is 3. The maximum atomic E-state index is 13.7. The van der Waals surface area contributed by atoms with E-state index >= 15 is 0 Å². The van der Waals surface area contributed by atoms with Crippen molar-refractivity contribution in [2.24, 2.45) is 0 Å². The Morgan fingerprint density at radius 2 is 1.15 bits per heavy atom. The van der Waals surface area contributed by atoms with Gasteiger partial charge in [-0.3, -0.25) is 33.6 Å². The molecule has 7 atom stereocenters. The smallest absolute Gasteiger partial charge is 0.407 e. The summed E-state index contributed by atoms with van der Waals surface area (Å²) in [7, 11) is 1.03. The molecule has 6 rings (SSSR count). The van der Waals surface area contributed by atoms with Crippen molar-refractivity contribution in [2.45, 2.75) is 89.5 Å². The first-order chi connectivity index (χ1) is 37.4. The fraction of sp³-hybridized carbons (Fsp3) is 0.370. The molecule has 1 aliphatic heterocycles. The zero-order valence-electron chi connectivity index (χ0n) is 43.1. The molecule has 0 bridgehead atoms. The van der Waals surface area contributed by atoms with Crippen LogP contribution in [0, 0.1) is 0 Å². The summed E-state index contributed by atoms with van der Waals surface area (Å²) in [4.78, 5) is 127. The molecule has 0 radical (unpaired) electrons. The summed E-state index contributed by atoms with van der Waals surface area (Å²) in [6.45, 7) is 2.35. The maximum absolute atomic E-state index is 13.7. The summed E-state index contributed by atoms with van der Waals surface area (Å²) in [5.74, 6) is -7.74. The Labute approximate surface area is 447 Å². The molecule has 1 aliphatic carbocycles. The Kier molecular flexibility index (Phi) is 21.2. The molecule has 2 aliphatic rings. The third-order valence-electron chi connectivity index (χ3n) is 11.9. The Hall–Kier alpha value is -8.90. The van der Waals surface area contributed by atoms with E-state index in [0.717, 1.165) is 55.7 Å². The van der Waals surface area contributed by atoms with Gasteiger partial charge in [-0.15, -0.1) is 0 Å². The lowest BCUT2D eigenvalue weighted by Crippen LogP contribution is -2.64. The second-order valence-corrected chi connectivity index (χ2v) is 17.6. The van der Waals surface area contributed by atoms with Crippen molar-refractivity contribution >= 4 is 59.6 Å². The number of methoxy groups -OCH3 is 1. The fourth-order valence-electron chi connectivity index (χ4n) is 8.26. The van der Waals surface area contributed by atoms with E-state index in [0.29, 0.717) is 5.56 Å². The summed E-state index contributed by atoms with van der Waals surface area (Å²) in [5, 5.41) is 12.1. The van der Waals surface area contributed by atoms with Gasteiger partial charge in [-0.05, 0) is 52.4 Å². The SMILES string of the molecule is COC(=O)[C@H]1O[C@@H](Oc2ccc(C[C@H](NC(=O)CNC(=O)CNC(=O)OCC3c4ccccc4-c4ccccc43)C(=O)NCC(=O)NCO[C@H](C)C(=O)OCc3ccccc3)cc2)[C@H](OC(C)=O)[C@@H](OC(C)=O)[C@@H]1OC(C)=O. The summed E-state index contributed by atoms with van der Waals surface area (Å²) >= 11 is 0. The van der Waals surface area contributed by atoms with Crippen molar-refractivity contribution in [3.8, 4) is 16.9 Å². The number of hydrogen-bond acceptors (Lipinski definition) is 19. The minimum absolute atomic E-state index is 0.00413. The average Bonchev–Trinajstić information content (AvgIpc) is 3.82. The van der Waals surface area contributed by atoms with Gasteiger partial charge in [-0.25, -0.2) is 14.4 Å². The summed E-state index contributed by atoms with van der Waals surface area (Å²) < 4.78 is 48.8. The second-order valence-electron chi connectivity index (χ2n) is 17.6. The van der Waals surface area contributed by atoms with Gasteiger partial charge in [-0.2, -0.15) is 0 Å². The Morgan fingerprint density at radius 1 is 0.590 bits per heavy atom. The van der Waals surface area contributed by atoms with E-state index in [-0.39, 0.29) is 31.3 Å². The van der Waals surface area contributed by atoms with Crippen LogP contribution >= 0.6 is 0 Å². The molecule has 4 aromatic rings. The summed E-state index contributed by atoms with van der Waals surface area (Å²) in [5.41, 5.74) is 5.23. The van der Waals surface area contributed by atoms with Crippen molar-refractivity contribution in [3.05, 3.63) is 125 Å². The van der Waals surface area contributed by atoms with Crippen LogP contribution in [0.15, 0.2) is 103 Å². The van der Waals surface area contributed by atoms with Crippen molar-refractivity contribution < 1.29 is 90.6 Å². The number of benzene rings is 4. The zero-order valence-corrected chi connectivity index (χ0v) is 43.1. The van der Waals surface area contributed by atoms with Crippen LogP contribution in [0.1, 0.15) is 55.9 Å². The van der Waals surface area contributed by atoms with Crippen LogP contribution in [0.4, 0.5) is 4.79 Å². The van der Waals surface area contributed by atoms with Crippen LogP contribution < -0.4 is 31.3 Å². The van der Waals surface area contributed by atoms with Crippen LogP contribution in [-0.2, 0) is 94.1 Å². The van der Waals surface area contributed by atoms with Crippen molar-refractivity contribution in [1.29, 1.82) is 0 Å².